The van der Waals surface area contributed by atoms with E-state index in [9.17, 15) is 4.79 Å². The van der Waals surface area contributed by atoms with Crippen molar-refractivity contribution in [2.24, 2.45) is 0 Å². The van der Waals surface area contributed by atoms with Crippen LogP contribution in [0.25, 0.3) is 0 Å². The van der Waals surface area contributed by atoms with E-state index in [1.54, 1.807) is 0 Å². The number of unbranched alkanes of at least 4 members (excludes halogenated alkanes) is 1. The molecule has 0 aliphatic heterocycles. The average Bonchev–Trinajstić information content (AvgIpc) is 1.96. The molecule has 2 N–H and O–H groups in total. The second-order valence-electron chi connectivity index (χ2n) is 2.16. The van der Waals surface area contributed by atoms with E-state index in [0.29, 0.717) is 13.0 Å². The lowest BCUT2D eigenvalue weighted by atomic mass is 10.3. The number of nitrogens with one attached hydrogen (secondary N) is 1. The van der Waals surface area contributed by atoms with Crippen molar-refractivity contribution in [2.45, 2.75) is 19.3 Å². The summed E-state index contributed by atoms with van der Waals surface area (Å²) in [4.78, 5) is 10.00. The van der Waals surface area contributed by atoms with Crippen LogP contribution in [0.2, 0.25) is 0 Å². The summed E-state index contributed by atoms with van der Waals surface area (Å²) < 4.78 is 0. The minimum atomic E-state index is -0.794. The van der Waals surface area contributed by atoms with Gasteiger partial charge < -0.3 is 10.4 Å². The number of nitrogens with zero attached hydrogens (tertiary/aromatic N) is 1. The van der Waals surface area contributed by atoms with Crippen molar-refractivity contribution < 1.29 is 9.90 Å². The maximum atomic E-state index is 10.00. The molecule has 0 spiro atoms. The number of carbonyl (C=O) groups is 1. The van der Waals surface area contributed by atoms with Gasteiger partial charge in [-0.2, -0.15) is 5.26 Å². The van der Waals surface area contributed by atoms with E-state index in [-0.39, 0.29) is 6.42 Å². The highest BCUT2D eigenvalue weighted by molar-refractivity contribution is 5.66. The highest BCUT2D eigenvalue weighted by atomic mass is 16.4. The van der Waals surface area contributed by atoms with Crippen molar-refractivity contribution in [1.29, 1.82) is 5.26 Å². The first-order valence-electron chi connectivity index (χ1n) is 3.57. The van der Waals surface area contributed by atoms with Crippen LogP contribution in [0.4, 0.5) is 0 Å². The molecule has 0 aromatic rings. The number of rotatable bonds is 6. The summed E-state index contributed by atoms with van der Waals surface area (Å²) in [6, 6.07) is 2.01. The van der Waals surface area contributed by atoms with Gasteiger partial charge in [-0.05, 0) is 13.0 Å². The Morgan fingerprint density at radius 3 is 2.82 bits per heavy atom. The van der Waals surface area contributed by atoms with E-state index >= 15 is 0 Å². The van der Waals surface area contributed by atoms with E-state index in [2.05, 4.69) is 5.32 Å². The number of aliphatic carboxylic acids is 1. The average molecular weight is 156 g/mol. The predicted molar refractivity (Wildman–Crippen MR) is 40.0 cm³/mol. The number of hydrogen-bond acceptors (Lipinski definition) is 3. The Hall–Kier alpha value is -1.08. The molecular weight excluding hydrogens is 144 g/mol. The van der Waals surface area contributed by atoms with Crippen molar-refractivity contribution in [2.75, 3.05) is 13.1 Å². The van der Waals surface area contributed by atoms with E-state index in [1.165, 1.54) is 0 Å². The summed E-state index contributed by atoms with van der Waals surface area (Å²) in [6.45, 7) is 1.21. The van der Waals surface area contributed by atoms with Crippen LogP contribution < -0.4 is 5.32 Å². The van der Waals surface area contributed by atoms with Crippen LogP contribution in [0.1, 0.15) is 19.3 Å². The summed E-state index contributed by atoms with van der Waals surface area (Å²) in [7, 11) is 0. The zero-order valence-corrected chi connectivity index (χ0v) is 6.34. The highest BCUT2D eigenvalue weighted by Crippen LogP contribution is 1.83. The van der Waals surface area contributed by atoms with Gasteiger partial charge in [0.1, 0.15) is 0 Å². The monoisotopic (exact) mass is 156 g/mol. The summed E-state index contributed by atoms with van der Waals surface area (Å²) in [6.07, 6.45) is 1.46. The van der Waals surface area contributed by atoms with Gasteiger partial charge in [0, 0.05) is 13.0 Å². The van der Waals surface area contributed by atoms with Gasteiger partial charge in [-0.15, -0.1) is 0 Å². The third-order valence-electron chi connectivity index (χ3n) is 1.16. The largest absolute Gasteiger partial charge is 0.481 e. The maximum absolute atomic E-state index is 10.00. The number of nitriles is 1. The van der Waals surface area contributed by atoms with Gasteiger partial charge in [-0.1, -0.05) is 0 Å². The summed E-state index contributed by atoms with van der Waals surface area (Å²) >= 11 is 0. The molecule has 0 saturated carbocycles. The lowest BCUT2D eigenvalue weighted by molar-refractivity contribution is -0.136. The van der Waals surface area contributed by atoms with Gasteiger partial charge in [-0.25, -0.2) is 0 Å². The zero-order chi connectivity index (χ0) is 8.53. The van der Waals surface area contributed by atoms with Crippen LogP contribution >= 0.6 is 0 Å². The van der Waals surface area contributed by atoms with Crippen molar-refractivity contribution in [1.82, 2.24) is 5.32 Å². The molecule has 0 fully saturated rings. The van der Waals surface area contributed by atoms with Gasteiger partial charge >= 0.3 is 5.97 Å². The first kappa shape index (κ1) is 9.92. The van der Waals surface area contributed by atoms with Crippen LogP contribution in [0.15, 0.2) is 0 Å². The second-order valence-corrected chi connectivity index (χ2v) is 2.16. The Bertz CT molecular complexity index is 151. The Morgan fingerprint density at radius 2 is 2.27 bits per heavy atom. The van der Waals surface area contributed by atoms with Crippen LogP contribution in [-0.4, -0.2) is 24.2 Å². The van der Waals surface area contributed by atoms with Crippen LogP contribution in [0, 0.1) is 11.3 Å². The maximum Gasteiger partial charge on any atom is 0.304 e. The number of carboxylic acids is 1. The smallest absolute Gasteiger partial charge is 0.304 e. The number of carboxylic acid groups (broad SMARTS) is 1. The van der Waals surface area contributed by atoms with Crippen LogP contribution in [0.5, 0.6) is 0 Å². The fourth-order valence-electron chi connectivity index (χ4n) is 0.613. The molecular formula is C7H12N2O2. The van der Waals surface area contributed by atoms with Crippen molar-refractivity contribution in [3.63, 3.8) is 0 Å². The lowest BCUT2D eigenvalue weighted by Gasteiger charge is -1.98. The second kappa shape index (κ2) is 7.03. The topological polar surface area (TPSA) is 73.1 Å². The molecule has 0 aliphatic rings. The van der Waals surface area contributed by atoms with E-state index < -0.39 is 5.97 Å². The quantitative estimate of drug-likeness (QED) is 0.544. The normalized spacial score (nSPS) is 9.00. The van der Waals surface area contributed by atoms with Gasteiger partial charge in [0.25, 0.3) is 0 Å². The molecule has 0 heterocycles. The van der Waals surface area contributed by atoms with Gasteiger partial charge in [-0.3, -0.25) is 4.79 Å². The zero-order valence-electron chi connectivity index (χ0n) is 6.34. The fourth-order valence-corrected chi connectivity index (χ4v) is 0.613. The molecule has 0 aromatic heterocycles. The van der Waals surface area contributed by atoms with E-state index in [0.717, 1.165) is 13.0 Å². The third-order valence-corrected chi connectivity index (χ3v) is 1.16. The molecule has 4 heteroatoms. The SMILES string of the molecule is N#CCCCNCCC(=O)O. The molecule has 62 valence electrons. The first-order valence-corrected chi connectivity index (χ1v) is 3.57. The Labute approximate surface area is 65.8 Å². The van der Waals surface area contributed by atoms with E-state index in [4.69, 9.17) is 10.4 Å². The molecule has 0 bridgehead atoms. The fraction of sp³-hybridized carbons (Fsp3) is 0.714. The third kappa shape index (κ3) is 8.92. The predicted octanol–water partition coefficient (Wildman–Crippen LogP) is 0.354. The summed E-state index contributed by atoms with van der Waals surface area (Å²) in [5.74, 6) is -0.794. The molecule has 0 aliphatic carbocycles. The van der Waals surface area contributed by atoms with Crippen molar-refractivity contribution in [3.05, 3.63) is 0 Å². The molecule has 4 nitrogen and oxygen atoms in total. The standard InChI is InChI=1S/C7H12N2O2/c8-4-1-2-5-9-6-3-7(10)11/h9H,1-3,5-6H2,(H,10,11). The molecule has 0 amide bonds. The Kier molecular flexibility index (Phi) is 6.34. The Balaban J connectivity index is 2.92. The van der Waals surface area contributed by atoms with E-state index in [1.807, 2.05) is 6.07 Å². The molecule has 0 unspecified atom stereocenters. The minimum absolute atomic E-state index is 0.145. The first-order chi connectivity index (χ1) is 5.27. The van der Waals surface area contributed by atoms with Crippen LogP contribution in [0.3, 0.4) is 0 Å². The molecule has 0 aromatic carbocycles. The molecule has 11 heavy (non-hydrogen) atoms. The highest BCUT2D eigenvalue weighted by Gasteiger charge is 1.93. The number of hydrogen-bond donors (Lipinski definition) is 2. The van der Waals surface area contributed by atoms with Crippen molar-refractivity contribution in [3.8, 4) is 6.07 Å². The summed E-state index contributed by atoms with van der Waals surface area (Å²) in [5.41, 5.74) is 0. The minimum Gasteiger partial charge on any atom is -0.481 e. The van der Waals surface area contributed by atoms with Gasteiger partial charge in [0.15, 0.2) is 0 Å². The lowest BCUT2D eigenvalue weighted by Crippen LogP contribution is -2.19. The molecule has 0 saturated heterocycles. The summed E-state index contributed by atoms with van der Waals surface area (Å²) in [5, 5.41) is 19.3. The van der Waals surface area contributed by atoms with Gasteiger partial charge in [0.05, 0.1) is 12.5 Å². The molecule has 0 atom stereocenters. The molecule has 0 rings (SSSR count). The Morgan fingerprint density at radius 1 is 1.55 bits per heavy atom. The van der Waals surface area contributed by atoms with Gasteiger partial charge in [0.2, 0.25) is 0 Å². The van der Waals surface area contributed by atoms with Crippen LogP contribution in [-0.2, 0) is 4.79 Å². The molecule has 0 radical (unpaired) electrons. The van der Waals surface area contributed by atoms with Crippen molar-refractivity contribution >= 4 is 5.97 Å².